The van der Waals surface area contributed by atoms with Crippen molar-refractivity contribution in [1.29, 1.82) is 0 Å². The highest BCUT2D eigenvalue weighted by molar-refractivity contribution is 5.84. The molecule has 0 saturated carbocycles. The van der Waals surface area contributed by atoms with E-state index in [0.717, 1.165) is 23.0 Å². The number of hydrogen-bond acceptors (Lipinski definition) is 3. The fourth-order valence-corrected chi connectivity index (χ4v) is 1.77. The molecule has 0 unspecified atom stereocenters. The van der Waals surface area contributed by atoms with Crippen molar-refractivity contribution in [1.82, 2.24) is 9.97 Å². The molecule has 0 fully saturated rings. The maximum atomic E-state index is 5.56. The molecule has 4 nitrogen and oxygen atoms in total. The standard InChI is InChI=1S/C13H16N4/c1-4-11-10-6-5-8(2)7-12(10)17-13(16-11)15-9(3)14/h5-7H,4H2,1-3H3,(H2,14,15,16,17). The Labute approximate surface area is 101 Å². The first kappa shape index (κ1) is 11.5. The summed E-state index contributed by atoms with van der Waals surface area (Å²) in [7, 11) is 0. The summed E-state index contributed by atoms with van der Waals surface area (Å²) in [6.07, 6.45) is 0.855. The lowest BCUT2D eigenvalue weighted by atomic mass is 10.1. The molecule has 0 atom stereocenters. The van der Waals surface area contributed by atoms with E-state index in [1.54, 1.807) is 6.92 Å². The summed E-state index contributed by atoms with van der Waals surface area (Å²) in [6, 6.07) is 6.18. The van der Waals surface area contributed by atoms with Crippen molar-refractivity contribution < 1.29 is 0 Å². The number of hydrogen-bond donors (Lipinski definition) is 1. The second-order valence-electron chi connectivity index (χ2n) is 4.10. The lowest BCUT2D eigenvalue weighted by molar-refractivity contribution is 1.02. The molecule has 0 spiro atoms. The minimum atomic E-state index is 0.444. The monoisotopic (exact) mass is 228 g/mol. The molecular weight excluding hydrogens is 212 g/mol. The minimum Gasteiger partial charge on any atom is -0.387 e. The molecule has 2 rings (SSSR count). The van der Waals surface area contributed by atoms with Crippen molar-refractivity contribution >= 4 is 22.7 Å². The van der Waals surface area contributed by atoms with Crippen molar-refractivity contribution in [2.24, 2.45) is 10.7 Å². The van der Waals surface area contributed by atoms with Crippen LogP contribution in [0.15, 0.2) is 23.2 Å². The molecule has 0 aliphatic heterocycles. The van der Waals surface area contributed by atoms with Gasteiger partial charge in [-0.1, -0.05) is 19.1 Å². The third kappa shape index (κ3) is 2.41. The van der Waals surface area contributed by atoms with Gasteiger partial charge in [-0.25, -0.2) is 9.97 Å². The summed E-state index contributed by atoms with van der Waals surface area (Å²) in [6.45, 7) is 5.85. The van der Waals surface area contributed by atoms with Crippen LogP contribution >= 0.6 is 0 Å². The van der Waals surface area contributed by atoms with Gasteiger partial charge in [0, 0.05) is 5.39 Å². The summed E-state index contributed by atoms with van der Waals surface area (Å²) in [5.41, 5.74) is 8.68. The molecule has 4 heteroatoms. The molecule has 1 aromatic carbocycles. The second kappa shape index (κ2) is 4.49. The van der Waals surface area contributed by atoms with Gasteiger partial charge in [0.05, 0.1) is 17.0 Å². The van der Waals surface area contributed by atoms with Crippen LogP contribution < -0.4 is 5.73 Å². The summed E-state index contributed by atoms with van der Waals surface area (Å²) in [5.74, 6) is 0.916. The third-order valence-electron chi connectivity index (χ3n) is 2.53. The van der Waals surface area contributed by atoms with Crippen molar-refractivity contribution in [3.63, 3.8) is 0 Å². The van der Waals surface area contributed by atoms with Gasteiger partial charge in [-0.2, -0.15) is 4.99 Å². The van der Waals surface area contributed by atoms with Gasteiger partial charge in [0.2, 0.25) is 0 Å². The van der Waals surface area contributed by atoms with Gasteiger partial charge >= 0.3 is 0 Å². The van der Waals surface area contributed by atoms with Gasteiger partial charge < -0.3 is 5.73 Å². The average Bonchev–Trinajstić information content (AvgIpc) is 2.26. The highest BCUT2D eigenvalue weighted by Gasteiger charge is 2.05. The first-order chi connectivity index (χ1) is 8.10. The summed E-state index contributed by atoms with van der Waals surface area (Å²) in [5, 5.41) is 1.09. The summed E-state index contributed by atoms with van der Waals surface area (Å²) < 4.78 is 0. The molecule has 0 aliphatic rings. The first-order valence-corrected chi connectivity index (χ1v) is 5.68. The van der Waals surface area contributed by atoms with Crippen molar-refractivity contribution in [3.05, 3.63) is 29.5 Å². The van der Waals surface area contributed by atoms with E-state index >= 15 is 0 Å². The van der Waals surface area contributed by atoms with Crippen LogP contribution in [0.3, 0.4) is 0 Å². The van der Waals surface area contributed by atoms with Crippen LogP contribution in [-0.2, 0) is 6.42 Å². The van der Waals surface area contributed by atoms with Crippen LogP contribution in [0.1, 0.15) is 25.1 Å². The number of aliphatic imine (C=N–C) groups is 1. The van der Waals surface area contributed by atoms with Gasteiger partial charge in [0.15, 0.2) is 0 Å². The quantitative estimate of drug-likeness (QED) is 0.634. The lowest BCUT2D eigenvalue weighted by Crippen LogP contribution is -2.05. The number of rotatable bonds is 2. The lowest BCUT2D eigenvalue weighted by Gasteiger charge is -2.05. The van der Waals surface area contributed by atoms with Crippen LogP contribution in [0.4, 0.5) is 5.95 Å². The Kier molecular flexibility index (Phi) is 3.04. The van der Waals surface area contributed by atoms with Crippen molar-refractivity contribution in [2.75, 3.05) is 0 Å². The molecular formula is C13H16N4. The van der Waals surface area contributed by atoms with E-state index < -0.39 is 0 Å². The minimum absolute atomic E-state index is 0.444. The molecule has 1 heterocycles. The Morgan fingerprint density at radius 2 is 2.12 bits per heavy atom. The number of nitrogens with two attached hydrogens (primary N) is 1. The molecule has 0 saturated heterocycles. The van der Waals surface area contributed by atoms with E-state index in [9.17, 15) is 0 Å². The van der Waals surface area contributed by atoms with Gasteiger partial charge in [0.25, 0.3) is 5.95 Å². The van der Waals surface area contributed by atoms with Gasteiger partial charge in [-0.05, 0) is 31.9 Å². The normalized spacial score (nSPS) is 12.1. The van der Waals surface area contributed by atoms with Crippen LogP contribution in [0.5, 0.6) is 0 Å². The average molecular weight is 228 g/mol. The Morgan fingerprint density at radius 1 is 1.35 bits per heavy atom. The number of nitrogens with zero attached hydrogens (tertiary/aromatic N) is 3. The maximum absolute atomic E-state index is 5.56. The van der Waals surface area contributed by atoms with Gasteiger partial charge in [-0.3, -0.25) is 0 Å². The molecule has 0 aliphatic carbocycles. The van der Waals surface area contributed by atoms with E-state index in [0.29, 0.717) is 11.8 Å². The summed E-state index contributed by atoms with van der Waals surface area (Å²) >= 11 is 0. The highest BCUT2D eigenvalue weighted by atomic mass is 15.1. The molecule has 0 amide bonds. The van der Waals surface area contributed by atoms with E-state index in [1.165, 1.54) is 5.56 Å². The van der Waals surface area contributed by atoms with E-state index in [2.05, 4.69) is 34.0 Å². The van der Waals surface area contributed by atoms with Crippen LogP contribution in [0.25, 0.3) is 10.9 Å². The highest BCUT2D eigenvalue weighted by Crippen LogP contribution is 2.20. The predicted molar refractivity (Wildman–Crippen MR) is 70.6 cm³/mol. The largest absolute Gasteiger partial charge is 0.387 e. The van der Waals surface area contributed by atoms with Crippen molar-refractivity contribution in [2.45, 2.75) is 27.2 Å². The zero-order valence-electron chi connectivity index (χ0n) is 10.4. The Bertz CT molecular complexity index is 583. The van der Waals surface area contributed by atoms with Crippen LogP contribution in [0, 0.1) is 6.92 Å². The van der Waals surface area contributed by atoms with E-state index in [1.807, 2.05) is 13.0 Å². The predicted octanol–water partition coefficient (Wildman–Crippen LogP) is 2.51. The second-order valence-corrected chi connectivity index (χ2v) is 4.10. The topological polar surface area (TPSA) is 64.2 Å². The SMILES string of the molecule is CCc1nc(N=C(C)N)nc2cc(C)ccc12. The van der Waals surface area contributed by atoms with Crippen molar-refractivity contribution in [3.8, 4) is 0 Å². The molecule has 88 valence electrons. The molecule has 0 bridgehead atoms. The maximum Gasteiger partial charge on any atom is 0.251 e. The van der Waals surface area contributed by atoms with E-state index in [-0.39, 0.29) is 0 Å². The number of aromatic nitrogens is 2. The van der Waals surface area contributed by atoms with Gasteiger partial charge in [-0.15, -0.1) is 0 Å². The Morgan fingerprint density at radius 3 is 2.76 bits per heavy atom. The number of amidine groups is 1. The number of aryl methyl sites for hydroxylation is 2. The molecule has 0 radical (unpaired) electrons. The molecule has 17 heavy (non-hydrogen) atoms. The fourth-order valence-electron chi connectivity index (χ4n) is 1.77. The third-order valence-corrected chi connectivity index (χ3v) is 2.53. The molecule has 2 aromatic rings. The van der Waals surface area contributed by atoms with Crippen LogP contribution in [0.2, 0.25) is 0 Å². The zero-order chi connectivity index (χ0) is 12.4. The molecule has 2 N–H and O–H groups in total. The number of benzene rings is 1. The smallest absolute Gasteiger partial charge is 0.251 e. The molecule has 1 aromatic heterocycles. The Balaban J connectivity index is 2.71. The van der Waals surface area contributed by atoms with Gasteiger partial charge in [0.1, 0.15) is 0 Å². The fraction of sp³-hybridized carbons (Fsp3) is 0.308. The van der Waals surface area contributed by atoms with E-state index in [4.69, 9.17) is 5.73 Å². The first-order valence-electron chi connectivity index (χ1n) is 5.68. The number of fused-ring (bicyclic) bond motifs is 1. The Hall–Kier alpha value is -1.97. The zero-order valence-corrected chi connectivity index (χ0v) is 10.4. The van der Waals surface area contributed by atoms with Crippen LogP contribution in [-0.4, -0.2) is 15.8 Å². The summed E-state index contributed by atoms with van der Waals surface area (Å²) in [4.78, 5) is 12.9.